The summed E-state index contributed by atoms with van der Waals surface area (Å²) < 4.78 is 25.4. The molecular formula is C15H20BrN2O2S+. The average molecular weight is 372 g/mol. The van der Waals surface area contributed by atoms with E-state index >= 15 is 0 Å². The minimum Gasteiger partial charge on any atom is -0.326 e. The van der Waals surface area contributed by atoms with Gasteiger partial charge in [-0.05, 0) is 18.6 Å². The number of nitrogens with two attached hydrogens (primary N) is 1. The second-order valence-electron chi connectivity index (χ2n) is 4.96. The second kappa shape index (κ2) is 6.44. The molecule has 2 rings (SSSR count). The lowest BCUT2D eigenvalue weighted by molar-refractivity contribution is 0.511. The summed E-state index contributed by atoms with van der Waals surface area (Å²) in [5.41, 5.74) is 8.35. The molecule has 0 radical (unpaired) electrons. The quantitative estimate of drug-likeness (QED) is 0.639. The monoisotopic (exact) mass is 371 g/mol. The van der Waals surface area contributed by atoms with E-state index in [2.05, 4.69) is 15.9 Å². The number of rotatable bonds is 5. The minimum absolute atomic E-state index is 0.0771. The molecule has 4 nitrogen and oxygen atoms in total. The van der Waals surface area contributed by atoms with Crippen LogP contribution in [0.15, 0.2) is 48.2 Å². The molecule has 1 unspecified atom stereocenters. The molecule has 1 aliphatic rings. The van der Waals surface area contributed by atoms with Gasteiger partial charge < -0.3 is 5.73 Å². The summed E-state index contributed by atoms with van der Waals surface area (Å²) in [6.45, 7) is 2.40. The van der Waals surface area contributed by atoms with Gasteiger partial charge in [0.25, 0.3) is 0 Å². The van der Waals surface area contributed by atoms with E-state index in [1.807, 2.05) is 36.4 Å². The summed E-state index contributed by atoms with van der Waals surface area (Å²) in [4.78, 5) is 0. The number of hydrogen-bond donors (Lipinski definition) is 1. The Bertz CT molecular complexity index is 683. The van der Waals surface area contributed by atoms with Crippen molar-refractivity contribution in [3.05, 3.63) is 53.8 Å². The van der Waals surface area contributed by atoms with Crippen molar-refractivity contribution in [1.29, 1.82) is 0 Å². The third kappa shape index (κ3) is 2.99. The zero-order chi connectivity index (χ0) is 15.5. The number of sulfonamides is 1. The smallest absolute Gasteiger partial charge is 0.306 e. The van der Waals surface area contributed by atoms with Crippen molar-refractivity contribution in [3.63, 3.8) is 0 Å². The van der Waals surface area contributed by atoms with Crippen LogP contribution in [0.4, 0.5) is 5.69 Å². The van der Waals surface area contributed by atoms with Gasteiger partial charge in [-0.1, -0.05) is 34.1 Å². The highest BCUT2D eigenvalue weighted by atomic mass is 79.9. The van der Waals surface area contributed by atoms with Crippen LogP contribution >= 0.6 is 15.9 Å². The highest BCUT2D eigenvalue weighted by molar-refractivity contribution is 9.08. The number of hydrogen-bond acceptors (Lipinski definition) is 3. The van der Waals surface area contributed by atoms with Gasteiger partial charge in [0.1, 0.15) is 12.7 Å². The van der Waals surface area contributed by atoms with Crippen molar-refractivity contribution in [1.82, 2.24) is 3.89 Å². The van der Waals surface area contributed by atoms with Gasteiger partial charge in [0.15, 0.2) is 5.69 Å². The third-order valence-corrected chi connectivity index (χ3v) is 6.52. The van der Waals surface area contributed by atoms with E-state index in [0.29, 0.717) is 18.4 Å². The maximum absolute atomic E-state index is 12.8. The number of quaternary nitrogens is 1. The van der Waals surface area contributed by atoms with Gasteiger partial charge in [-0.15, -0.1) is 0 Å². The van der Waals surface area contributed by atoms with Crippen LogP contribution in [0.2, 0.25) is 0 Å². The Morgan fingerprint density at radius 2 is 2.14 bits per heavy atom. The van der Waals surface area contributed by atoms with Gasteiger partial charge in [0, 0.05) is 29.6 Å². The molecule has 0 bridgehead atoms. The molecule has 0 saturated carbocycles. The molecule has 1 aliphatic heterocycles. The summed E-state index contributed by atoms with van der Waals surface area (Å²) in [7, 11) is -3.36. The van der Waals surface area contributed by atoms with Crippen LogP contribution < -0.4 is 9.62 Å². The van der Waals surface area contributed by atoms with Gasteiger partial charge in [-0.3, -0.25) is 0 Å². The van der Waals surface area contributed by atoms with Crippen LogP contribution in [0.3, 0.4) is 0 Å². The Hall–Kier alpha value is -0.950. The zero-order valence-electron chi connectivity index (χ0n) is 12.0. The first-order chi connectivity index (χ1) is 9.99. The van der Waals surface area contributed by atoms with E-state index < -0.39 is 10.0 Å². The molecule has 0 spiro atoms. The highest BCUT2D eigenvalue weighted by Gasteiger charge is 2.42. The molecule has 0 saturated heterocycles. The van der Waals surface area contributed by atoms with Gasteiger partial charge in [-0.2, -0.15) is 12.3 Å². The summed E-state index contributed by atoms with van der Waals surface area (Å²) in [5, 5.41) is 0.691. The molecule has 6 heteroatoms. The molecule has 0 amide bonds. The van der Waals surface area contributed by atoms with E-state index in [9.17, 15) is 8.42 Å². The first-order valence-corrected chi connectivity index (χ1v) is 9.56. The van der Waals surface area contributed by atoms with Crippen molar-refractivity contribution >= 4 is 31.6 Å². The van der Waals surface area contributed by atoms with Crippen molar-refractivity contribution < 1.29 is 8.42 Å². The topological polar surface area (TPSA) is 60.2 Å². The van der Waals surface area contributed by atoms with Crippen LogP contribution in [-0.2, 0) is 15.4 Å². The Labute approximate surface area is 134 Å². The molecule has 1 atom stereocenters. The lowest BCUT2D eigenvalue weighted by atomic mass is 10.1. The molecule has 1 heterocycles. The van der Waals surface area contributed by atoms with Gasteiger partial charge in [0.05, 0.1) is 5.75 Å². The number of alkyl halides is 1. The van der Waals surface area contributed by atoms with Crippen LogP contribution in [0.25, 0.3) is 0 Å². The molecule has 1 aromatic carbocycles. The predicted molar refractivity (Wildman–Crippen MR) is 91.5 cm³/mol. The maximum atomic E-state index is 12.8. The summed E-state index contributed by atoms with van der Waals surface area (Å²) >= 11 is 3.42. The fourth-order valence-corrected chi connectivity index (χ4v) is 4.34. The lowest BCUT2D eigenvalue weighted by Gasteiger charge is -2.34. The van der Waals surface area contributed by atoms with Gasteiger partial charge >= 0.3 is 10.0 Å². The predicted octanol–water partition coefficient (Wildman–Crippen LogP) is 2.65. The van der Waals surface area contributed by atoms with Crippen LogP contribution in [0.5, 0.6) is 0 Å². The molecular weight excluding hydrogens is 352 g/mol. The largest absolute Gasteiger partial charge is 0.326 e. The van der Waals surface area contributed by atoms with E-state index in [4.69, 9.17) is 5.73 Å². The molecule has 1 aromatic rings. The Morgan fingerprint density at radius 3 is 2.76 bits per heavy atom. The fraction of sp³-hybridized carbons (Fsp3) is 0.333. The summed E-state index contributed by atoms with van der Waals surface area (Å²) in [6.07, 6.45) is 5.55. The van der Waals surface area contributed by atoms with E-state index in [1.54, 1.807) is 13.1 Å². The first-order valence-electron chi connectivity index (χ1n) is 6.83. The number of benzene rings is 1. The maximum Gasteiger partial charge on any atom is 0.306 e. The second-order valence-corrected chi connectivity index (χ2v) is 7.92. The van der Waals surface area contributed by atoms with E-state index in [-0.39, 0.29) is 9.64 Å². The molecule has 0 aliphatic carbocycles. The SMILES string of the molecule is CCS(=O)(=O)[N+]1(c2cccc(CBr)c2)C=C(CN)C=CC1. The lowest BCUT2D eigenvalue weighted by Crippen LogP contribution is -2.51. The number of halogens is 1. The summed E-state index contributed by atoms with van der Waals surface area (Å²) in [5.74, 6) is 0.0771. The minimum atomic E-state index is -3.36. The molecule has 0 fully saturated rings. The van der Waals surface area contributed by atoms with Crippen molar-refractivity contribution in [2.24, 2.45) is 5.73 Å². The standard InChI is InChI=1S/C15H20BrN2O2S/c1-2-21(19,20)18(8-4-6-14(11-17)12-18)15-7-3-5-13(9-15)10-16/h3-7,9,12H,2,8,10-11,17H2,1H3/q+1. The summed E-state index contributed by atoms with van der Waals surface area (Å²) in [6, 6.07) is 7.67. The molecule has 2 N–H and O–H groups in total. The first kappa shape index (κ1) is 16.4. The molecule has 114 valence electrons. The number of nitrogens with zero attached hydrogens (tertiary/aromatic N) is 1. The zero-order valence-corrected chi connectivity index (χ0v) is 14.4. The van der Waals surface area contributed by atoms with E-state index in [1.165, 1.54) is 0 Å². The highest BCUT2D eigenvalue weighted by Crippen LogP contribution is 2.33. The average Bonchev–Trinajstić information content (AvgIpc) is 2.54. The molecule has 0 aromatic heterocycles. The Kier molecular flexibility index (Phi) is 5.03. The van der Waals surface area contributed by atoms with Crippen molar-refractivity contribution in [2.45, 2.75) is 12.3 Å². The van der Waals surface area contributed by atoms with E-state index in [0.717, 1.165) is 16.8 Å². The van der Waals surface area contributed by atoms with Gasteiger partial charge in [-0.25, -0.2) is 0 Å². The third-order valence-electron chi connectivity index (χ3n) is 3.68. The van der Waals surface area contributed by atoms with Crippen LogP contribution in [0.1, 0.15) is 12.5 Å². The fourth-order valence-electron chi connectivity index (χ4n) is 2.48. The normalized spacial score (nSPS) is 22.1. The van der Waals surface area contributed by atoms with Crippen LogP contribution in [-0.4, -0.2) is 27.3 Å². The van der Waals surface area contributed by atoms with Gasteiger partial charge in [0.2, 0.25) is 0 Å². The molecule has 21 heavy (non-hydrogen) atoms. The van der Waals surface area contributed by atoms with Crippen molar-refractivity contribution in [3.8, 4) is 0 Å². The van der Waals surface area contributed by atoms with Crippen molar-refractivity contribution in [2.75, 3.05) is 18.8 Å². The Balaban J connectivity index is 2.68. The Morgan fingerprint density at radius 1 is 1.38 bits per heavy atom. The van der Waals surface area contributed by atoms with Crippen LogP contribution in [0, 0.1) is 0 Å².